The summed E-state index contributed by atoms with van der Waals surface area (Å²) in [7, 11) is 0. The minimum Gasteiger partial charge on any atom is -0.481 e. The molecule has 2 N–H and O–H groups in total. The van der Waals surface area contributed by atoms with E-state index in [9.17, 15) is 24.6 Å². The molecule has 3 saturated heterocycles. The second-order valence-corrected chi connectivity index (χ2v) is 10.3. The third kappa shape index (κ3) is 3.20. The monoisotopic (exact) mass is 486 g/mol. The number of carbonyl (C=O) groups excluding carboxylic acids is 2. The first-order valence-corrected chi connectivity index (χ1v) is 11.3. The zero-order chi connectivity index (χ0) is 22.5. The Labute approximate surface area is 185 Å². The zero-order valence-corrected chi connectivity index (χ0v) is 19.4. The number of aliphatic hydroxyl groups excluding tert-OH is 1. The van der Waals surface area contributed by atoms with Gasteiger partial charge in [0.05, 0.1) is 30.6 Å². The third-order valence-electron chi connectivity index (χ3n) is 6.79. The van der Waals surface area contributed by atoms with Crippen molar-refractivity contribution < 1.29 is 29.3 Å². The molecule has 0 aliphatic carbocycles. The Morgan fingerprint density at radius 2 is 2.03 bits per heavy atom. The molecule has 3 aliphatic rings. The highest BCUT2D eigenvalue weighted by Gasteiger charge is 2.77. The number of carboxylic acid groups (broad SMARTS) is 1. The summed E-state index contributed by atoms with van der Waals surface area (Å²) in [6, 6.07) is -1.76. The number of nitrogens with zero attached hydrogens (tertiary/aromatic N) is 2. The summed E-state index contributed by atoms with van der Waals surface area (Å²) < 4.78 is 6.24. The standard InChI is InChI=1S/C21H31BrN2O6/c1-6-7-23(11(4)5)19(27)17-21-8-12(22)16(30-21)14(20(28)29)15(21)18(26)24(17)13(9-25)10(2)3/h6,10-17,25H,1,7-9H2,2-5H3,(H,28,29)/t12?,13-,14+,15-,16+,17?,21?/m0/s1. The van der Waals surface area contributed by atoms with Crippen molar-refractivity contribution in [3.05, 3.63) is 12.7 Å². The van der Waals surface area contributed by atoms with Gasteiger partial charge in [0.2, 0.25) is 11.8 Å². The predicted octanol–water partition coefficient (Wildman–Crippen LogP) is 1.26. The van der Waals surface area contributed by atoms with Gasteiger partial charge in [-0.3, -0.25) is 14.4 Å². The Morgan fingerprint density at radius 1 is 1.40 bits per heavy atom. The molecular weight excluding hydrogens is 456 g/mol. The number of aliphatic hydroxyl groups is 1. The molecule has 2 bridgehead atoms. The fourth-order valence-electron chi connectivity index (χ4n) is 5.46. The smallest absolute Gasteiger partial charge is 0.310 e. The Kier molecular flexibility index (Phi) is 6.38. The molecule has 0 aromatic carbocycles. The molecule has 0 aromatic heterocycles. The van der Waals surface area contributed by atoms with Gasteiger partial charge in [-0.25, -0.2) is 0 Å². The Balaban J connectivity index is 2.16. The fraction of sp³-hybridized carbons (Fsp3) is 0.762. The summed E-state index contributed by atoms with van der Waals surface area (Å²) in [5.74, 6) is -3.93. The minimum atomic E-state index is -1.23. The summed E-state index contributed by atoms with van der Waals surface area (Å²) in [6.45, 7) is 11.2. The number of hydrogen-bond donors (Lipinski definition) is 2. The average molecular weight is 487 g/mol. The number of aliphatic carboxylic acids is 1. The topological polar surface area (TPSA) is 107 Å². The number of alkyl halides is 1. The van der Waals surface area contributed by atoms with Gasteiger partial charge in [0.25, 0.3) is 0 Å². The van der Waals surface area contributed by atoms with Gasteiger partial charge in [0.1, 0.15) is 11.6 Å². The molecule has 3 fully saturated rings. The molecule has 3 unspecified atom stereocenters. The SMILES string of the molecule is C=CCN(C(=O)C1N([C@@H](CO)C(C)C)C(=O)[C@@H]2[C@@H](C(=O)O)[C@@H]3OC12CC3Br)C(C)C. The van der Waals surface area contributed by atoms with E-state index in [0.29, 0.717) is 13.0 Å². The normalized spacial score (nSPS) is 35.8. The molecule has 2 amide bonds. The molecule has 0 radical (unpaired) electrons. The maximum atomic E-state index is 13.8. The highest BCUT2D eigenvalue weighted by Crippen LogP contribution is 2.60. The molecule has 3 heterocycles. The van der Waals surface area contributed by atoms with Gasteiger partial charge in [0, 0.05) is 17.4 Å². The van der Waals surface area contributed by atoms with Crippen LogP contribution in [0.2, 0.25) is 0 Å². The van der Waals surface area contributed by atoms with Crippen LogP contribution < -0.4 is 0 Å². The minimum absolute atomic E-state index is 0.128. The molecular formula is C21H31BrN2O6. The second-order valence-electron chi connectivity index (χ2n) is 9.11. The summed E-state index contributed by atoms with van der Waals surface area (Å²) in [5.41, 5.74) is -1.23. The fourth-order valence-corrected chi connectivity index (χ4v) is 6.40. The lowest BCUT2D eigenvalue weighted by Crippen LogP contribution is -2.60. The molecule has 30 heavy (non-hydrogen) atoms. The van der Waals surface area contributed by atoms with Crippen LogP contribution in [0.15, 0.2) is 12.7 Å². The molecule has 1 spiro atoms. The number of carboxylic acids is 1. The van der Waals surface area contributed by atoms with Crippen molar-refractivity contribution in [1.82, 2.24) is 9.80 Å². The molecule has 9 heteroatoms. The first-order valence-electron chi connectivity index (χ1n) is 10.4. The largest absolute Gasteiger partial charge is 0.481 e. The number of amides is 2. The summed E-state index contributed by atoms with van der Waals surface area (Å²) in [5, 5.41) is 20.0. The lowest BCUT2D eigenvalue weighted by Gasteiger charge is -2.41. The number of likely N-dealkylation sites (tertiary alicyclic amines) is 1. The van der Waals surface area contributed by atoms with Gasteiger partial charge in [-0.2, -0.15) is 0 Å². The molecule has 3 rings (SSSR count). The molecule has 8 nitrogen and oxygen atoms in total. The van der Waals surface area contributed by atoms with Crippen LogP contribution in [0.25, 0.3) is 0 Å². The zero-order valence-electron chi connectivity index (χ0n) is 17.8. The lowest BCUT2D eigenvalue weighted by molar-refractivity contribution is -0.154. The van der Waals surface area contributed by atoms with Crippen molar-refractivity contribution in [2.75, 3.05) is 13.2 Å². The number of ether oxygens (including phenoxy) is 1. The van der Waals surface area contributed by atoms with Crippen LogP contribution in [0.1, 0.15) is 34.1 Å². The van der Waals surface area contributed by atoms with Gasteiger partial charge in [-0.1, -0.05) is 35.9 Å². The number of fused-ring (bicyclic) bond motifs is 1. The van der Waals surface area contributed by atoms with E-state index in [-0.39, 0.29) is 29.3 Å². The van der Waals surface area contributed by atoms with Crippen LogP contribution in [0.4, 0.5) is 0 Å². The van der Waals surface area contributed by atoms with Crippen LogP contribution >= 0.6 is 15.9 Å². The summed E-state index contributed by atoms with van der Waals surface area (Å²) in [4.78, 5) is 42.3. The van der Waals surface area contributed by atoms with Crippen LogP contribution in [0, 0.1) is 17.8 Å². The molecule has 0 saturated carbocycles. The Morgan fingerprint density at radius 3 is 2.50 bits per heavy atom. The Hall–Kier alpha value is -1.45. The van der Waals surface area contributed by atoms with Crippen LogP contribution in [-0.2, 0) is 19.1 Å². The lowest BCUT2D eigenvalue weighted by atomic mass is 9.70. The van der Waals surface area contributed by atoms with Crippen molar-refractivity contribution >= 4 is 33.7 Å². The first kappa shape index (κ1) is 23.2. The maximum Gasteiger partial charge on any atom is 0.310 e. The van der Waals surface area contributed by atoms with E-state index in [2.05, 4.69) is 22.5 Å². The van der Waals surface area contributed by atoms with Crippen LogP contribution in [0.5, 0.6) is 0 Å². The van der Waals surface area contributed by atoms with Gasteiger partial charge < -0.3 is 24.7 Å². The maximum absolute atomic E-state index is 13.8. The van der Waals surface area contributed by atoms with E-state index < -0.39 is 47.5 Å². The van der Waals surface area contributed by atoms with Crippen molar-refractivity contribution in [1.29, 1.82) is 0 Å². The van der Waals surface area contributed by atoms with E-state index >= 15 is 0 Å². The number of hydrogen-bond acceptors (Lipinski definition) is 5. The van der Waals surface area contributed by atoms with Crippen LogP contribution in [-0.4, -0.2) is 85.6 Å². The van der Waals surface area contributed by atoms with E-state index in [1.54, 1.807) is 11.0 Å². The predicted molar refractivity (Wildman–Crippen MR) is 113 cm³/mol. The van der Waals surface area contributed by atoms with E-state index in [0.717, 1.165) is 0 Å². The van der Waals surface area contributed by atoms with Crippen molar-refractivity contribution in [3.63, 3.8) is 0 Å². The van der Waals surface area contributed by atoms with Gasteiger partial charge in [-0.15, -0.1) is 6.58 Å². The van der Waals surface area contributed by atoms with E-state index in [4.69, 9.17) is 4.74 Å². The third-order valence-corrected chi connectivity index (χ3v) is 7.64. The van der Waals surface area contributed by atoms with E-state index in [1.165, 1.54) is 4.90 Å². The van der Waals surface area contributed by atoms with Crippen molar-refractivity contribution in [3.8, 4) is 0 Å². The van der Waals surface area contributed by atoms with Crippen molar-refractivity contribution in [2.45, 2.75) is 68.8 Å². The van der Waals surface area contributed by atoms with Gasteiger partial charge in [0.15, 0.2) is 0 Å². The van der Waals surface area contributed by atoms with E-state index in [1.807, 2.05) is 27.7 Å². The molecule has 0 aromatic rings. The van der Waals surface area contributed by atoms with Crippen molar-refractivity contribution in [2.24, 2.45) is 17.8 Å². The highest BCUT2D eigenvalue weighted by molar-refractivity contribution is 9.09. The summed E-state index contributed by atoms with van der Waals surface area (Å²) >= 11 is 3.52. The second kappa shape index (κ2) is 8.24. The van der Waals surface area contributed by atoms with Gasteiger partial charge in [-0.05, 0) is 26.2 Å². The quantitative estimate of drug-likeness (QED) is 0.395. The first-order chi connectivity index (χ1) is 14.0. The number of halogens is 1. The Bertz CT molecular complexity index is 743. The average Bonchev–Trinajstić information content (AvgIpc) is 3.23. The number of rotatable bonds is 8. The molecule has 7 atom stereocenters. The molecule has 3 aliphatic heterocycles. The van der Waals surface area contributed by atoms with Gasteiger partial charge >= 0.3 is 5.97 Å². The molecule has 168 valence electrons. The summed E-state index contributed by atoms with van der Waals surface area (Å²) in [6.07, 6.45) is 1.31. The number of carbonyl (C=O) groups is 3. The highest BCUT2D eigenvalue weighted by atomic mass is 79.9. The van der Waals surface area contributed by atoms with Crippen LogP contribution in [0.3, 0.4) is 0 Å².